The maximum atomic E-state index is 2.41. The van der Waals surface area contributed by atoms with Crippen LogP contribution in [0.4, 0.5) is 0 Å². The molecule has 0 N–H and O–H groups in total. The molecular formula is C50H38. The molecule has 0 saturated carbocycles. The Balaban J connectivity index is 0.946. The zero-order chi connectivity index (χ0) is 33.8. The second-order valence-corrected chi connectivity index (χ2v) is 15.4. The molecule has 50 heavy (non-hydrogen) atoms. The summed E-state index contributed by atoms with van der Waals surface area (Å²) < 4.78 is 0. The highest BCUT2D eigenvalue weighted by Crippen LogP contribution is 2.51. The smallest absolute Gasteiger partial charge is 0.0159 e. The quantitative estimate of drug-likeness (QED) is 0.181. The Morgan fingerprint density at radius 3 is 0.900 bits per heavy atom. The van der Waals surface area contributed by atoms with Crippen LogP contribution in [0.2, 0.25) is 0 Å². The van der Waals surface area contributed by atoms with E-state index in [0.717, 1.165) is 0 Å². The molecule has 0 heteroatoms. The zero-order valence-corrected chi connectivity index (χ0v) is 29.0. The van der Waals surface area contributed by atoms with E-state index in [1.165, 1.54) is 99.4 Å². The van der Waals surface area contributed by atoms with Crippen molar-refractivity contribution >= 4 is 21.5 Å². The highest BCUT2D eigenvalue weighted by atomic mass is 14.4. The topological polar surface area (TPSA) is 0 Å². The highest BCUT2D eigenvalue weighted by molar-refractivity contribution is 5.95. The summed E-state index contributed by atoms with van der Waals surface area (Å²) in [7, 11) is 0. The predicted octanol–water partition coefficient (Wildman–Crippen LogP) is 13.6. The second kappa shape index (κ2) is 10.4. The summed E-state index contributed by atoms with van der Waals surface area (Å²) in [6.07, 6.45) is 0. The van der Waals surface area contributed by atoms with Crippen LogP contribution in [0.25, 0.3) is 77.2 Å². The fourth-order valence-corrected chi connectivity index (χ4v) is 8.98. The van der Waals surface area contributed by atoms with Crippen LogP contribution in [-0.2, 0) is 10.8 Å². The molecular weight excluding hydrogens is 601 g/mol. The van der Waals surface area contributed by atoms with E-state index in [-0.39, 0.29) is 10.8 Å². The Hall–Kier alpha value is -5.72. The molecule has 0 unspecified atom stereocenters. The minimum Gasteiger partial charge on any atom is -0.0619 e. The highest BCUT2D eigenvalue weighted by Gasteiger charge is 2.36. The summed E-state index contributed by atoms with van der Waals surface area (Å²) in [6, 6.07) is 59.3. The molecule has 0 aromatic heterocycles. The molecule has 0 bridgehead atoms. The van der Waals surface area contributed by atoms with Crippen molar-refractivity contribution in [1.29, 1.82) is 0 Å². The van der Waals surface area contributed by atoms with E-state index >= 15 is 0 Å². The molecule has 0 heterocycles. The number of benzene rings is 8. The SMILES string of the molecule is CC1(C)c2ccccc2-c2ccc(-c3ccc4cc(-c5ccc6cc(-c7ccc8c(c7)C(C)(C)c7ccccc7-8)ccc6c5)ccc4c3)cc21. The van der Waals surface area contributed by atoms with Crippen molar-refractivity contribution in [3.8, 4) is 55.6 Å². The summed E-state index contributed by atoms with van der Waals surface area (Å²) in [5.74, 6) is 0. The Kier molecular flexibility index (Phi) is 6.07. The van der Waals surface area contributed by atoms with Crippen LogP contribution >= 0.6 is 0 Å². The first-order valence-electron chi connectivity index (χ1n) is 17.8. The number of hydrogen-bond acceptors (Lipinski definition) is 0. The first kappa shape index (κ1) is 29.2. The van der Waals surface area contributed by atoms with E-state index in [1.54, 1.807) is 0 Å². The minimum absolute atomic E-state index is 0.00110. The molecule has 8 aromatic carbocycles. The van der Waals surface area contributed by atoms with Gasteiger partial charge in [0, 0.05) is 10.8 Å². The van der Waals surface area contributed by atoms with Gasteiger partial charge in [0.25, 0.3) is 0 Å². The molecule has 0 amide bonds. The lowest BCUT2D eigenvalue weighted by Crippen LogP contribution is -2.14. The van der Waals surface area contributed by atoms with Gasteiger partial charge in [-0.2, -0.15) is 0 Å². The lowest BCUT2D eigenvalue weighted by Gasteiger charge is -2.22. The molecule has 0 fully saturated rings. The lowest BCUT2D eigenvalue weighted by atomic mass is 9.81. The summed E-state index contributed by atoms with van der Waals surface area (Å²) in [5, 5.41) is 5.05. The molecule has 8 aromatic rings. The standard InChI is InChI=1S/C50H38/c1-49(2)45-11-7-5-9-41(45)43-23-21-39(29-47(43)49)37-19-17-33-25-31(13-15-35(33)27-37)32-14-16-36-28-38(20-18-34(36)26-32)40-22-24-44-42-10-6-8-12-46(42)50(3,4)48(44)30-40/h5-30H,1-4H3. The van der Waals surface area contributed by atoms with Gasteiger partial charge in [0.1, 0.15) is 0 Å². The van der Waals surface area contributed by atoms with Crippen molar-refractivity contribution in [2.24, 2.45) is 0 Å². The third-order valence-electron chi connectivity index (χ3n) is 11.8. The molecule has 10 rings (SSSR count). The molecule has 238 valence electrons. The van der Waals surface area contributed by atoms with E-state index in [0.29, 0.717) is 0 Å². The van der Waals surface area contributed by atoms with Crippen molar-refractivity contribution in [3.05, 3.63) is 180 Å². The van der Waals surface area contributed by atoms with E-state index in [9.17, 15) is 0 Å². The Bertz CT molecular complexity index is 2510. The average Bonchev–Trinajstić information content (AvgIpc) is 3.53. The minimum atomic E-state index is 0.00110. The van der Waals surface area contributed by atoms with Gasteiger partial charge in [-0.05, 0) is 136 Å². The monoisotopic (exact) mass is 638 g/mol. The van der Waals surface area contributed by atoms with Crippen LogP contribution in [0.3, 0.4) is 0 Å². The van der Waals surface area contributed by atoms with Gasteiger partial charge in [-0.1, -0.05) is 149 Å². The molecule has 0 spiro atoms. The number of rotatable bonds is 3. The summed E-state index contributed by atoms with van der Waals surface area (Å²) in [4.78, 5) is 0. The van der Waals surface area contributed by atoms with Gasteiger partial charge >= 0.3 is 0 Å². The maximum absolute atomic E-state index is 2.41. The molecule has 0 nitrogen and oxygen atoms in total. The van der Waals surface area contributed by atoms with Gasteiger partial charge in [0.05, 0.1) is 0 Å². The van der Waals surface area contributed by atoms with E-state index in [2.05, 4.69) is 185 Å². The van der Waals surface area contributed by atoms with E-state index in [4.69, 9.17) is 0 Å². The lowest BCUT2D eigenvalue weighted by molar-refractivity contribution is 0.660. The van der Waals surface area contributed by atoms with Gasteiger partial charge in [0.2, 0.25) is 0 Å². The maximum Gasteiger partial charge on any atom is 0.0159 e. The third kappa shape index (κ3) is 4.24. The summed E-state index contributed by atoms with van der Waals surface area (Å²) in [6.45, 7) is 9.40. The van der Waals surface area contributed by atoms with Gasteiger partial charge in [-0.3, -0.25) is 0 Å². The average molecular weight is 639 g/mol. The third-order valence-corrected chi connectivity index (χ3v) is 11.8. The number of hydrogen-bond donors (Lipinski definition) is 0. The fraction of sp³-hybridized carbons (Fsp3) is 0.120. The molecule has 0 atom stereocenters. The molecule has 0 saturated heterocycles. The second-order valence-electron chi connectivity index (χ2n) is 15.4. The fourth-order valence-electron chi connectivity index (χ4n) is 8.98. The van der Waals surface area contributed by atoms with Crippen LogP contribution < -0.4 is 0 Å². The van der Waals surface area contributed by atoms with Gasteiger partial charge in [0.15, 0.2) is 0 Å². The zero-order valence-electron chi connectivity index (χ0n) is 29.0. The largest absolute Gasteiger partial charge is 0.0619 e. The van der Waals surface area contributed by atoms with Gasteiger partial charge in [-0.15, -0.1) is 0 Å². The molecule has 2 aliphatic carbocycles. The normalized spacial score (nSPS) is 14.7. The Labute approximate surface area is 294 Å². The van der Waals surface area contributed by atoms with Crippen molar-refractivity contribution in [1.82, 2.24) is 0 Å². The van der Waals surface area contributed by atoms with Gasteiger partial charge in [-0.25, -0.2) is 0 Å². The first-order valence-corrected chi connectivity index (χ1v) is 17.8. The summed E-state index contributed by atoms with van der Waals surface area (Å²) in [5.41, 5.74) is 18.7. The van der Waals surface area contributed by atoms with Crippen LogP contribution in [0.15, 0.2) is 158 Å². The number of fused-ring (bicyclic) bond motifs is 8. The molecule has 0 aliphatic heterocycles. The van der Waals surface area contributed by atoms with E-state index < -0.39 is 0 Å². The Morgan fingerprint density at radius 1 is 0.260 bits per heavy atom. The van der Waals surface area contributed by atoms with Crippen molar-refractivity contribution in [3.63, 3.8) is 0 Å². The van der Waals surface area contributed by atoms with Crippen LogP contribution in [0.1, 0.15) is 49.9 Å². The van der Waals surface area contributed by atoms with Crippen LogP contribution in [-0.4, -0.2) is 0 Å². The van der Waals surface area contributed by atoms with Crippen molar-refractivity contribution in [2.45, 2.75) is 38.5 Å². The van der Waals surface area contributed by atoms with Crippen LogP contribution in [0.5, 0.6) is 0 Å². The van der Waals surface area contributed by atoms with Crippen LogP contribution in [0, 0.1) is 0 Å². The predicted molar refractivity (Wildman–Crippen MR) is 213 cm³/mol. The van der Waals surface area contributed by atoms with Gasteiger partial charge < -0.3 is 0 Å². The summed E-state index contributed by atoms with van der Waals surface area (Å²) >= 11 is 0. The molecule has 2 aliphatic rings. The van der Waals surface area contributed by atoms with Crippen molar-refractivity contribution < 1.29 is 0 Å². The first-order chi connectivity index (χ1) is 24.3. The Morgan fingerprint density at radius 2 is 0.540 bits per heavy atom. The van der Waals surface area contributed by atoms with Crippen molar-refractivity contribution in [2.75, 3.05) is 0 Å². The van der Waals surface area contributed by atoms with E-state index in [1.807, 2.05) is 0 Å². The molecule has 0 radical (unpaired) electrons.